The lowest BCUT2D eigenvalue weighted by molar-refractivity contribution is 0.0602. The van der Waals surface area contributed by atoms with Gasteiger partial charge in [-0.2, -0.15) is 0 Å². The molecule has 1 aromatic heterocycles. The van der Waals surface area contributed by atoms with Crippen molar-refractivity contribution in [2.45, 2.75) is 0 Å². The molecule has 1 N–H and O–H groups in total. The molecule has 5 nitrogen and oxygen atoms in total. The third kappa shape index (κ3) is 3.43. The molecule has 0 aliphatic rings. The Balaban J connectivity index is 2.35. The molecular weight excluding hydrogens is 343 g/mol. The number of methoxy groups -OCH3 is 1. The third-order valence-corrected chi connectivity index (χ3v) is 3.27. The van der Waals surface area contributed by atoms with Gasteiger partial charge in [0.2, 0.25) is 0 Å². The van der Waals surface area contributed by atoms with Crippen LogP contribution in [0.2, 0.25) is 0 Å². The molecule has 0 aliphatic carbocycles. The van der Waals surface area contributed by atoms with E-state index in [0.717, 1.165) is 12.1 Å². The summed E-state index contributed by atoms with van der Waals surface area (Å²) in [6, 6.07) is 6.54. The number of carbonyl (C=O) groups excluding carboxylic acids is 2. The molecular formula is C14H10BrFN2O3. The number of pyridine rings is 1. The molecule has 0 aliphatic heterocycles. The first-order valence-corrected chi connectivity index (χ1v) is 6.62. The summed E-state index contributed by atoms with van der Waals surface area (Å²) in [6.45, 7) is 0. The molecule has 1 heterocycles. The van der Waals surface area contributed by atoms with Crippen molar-refractivity contribution in [2.24, 2.45) is 0 Å². The quantitative estimate of drug-likeness (QED) is 0.680. The van der Waals surface area contributed by atoms with Gasteiger partial charge in [0.1, 0.15) is 10.4 Å². The highest BCUT2D eigenvalue weighted by molar-refractivity contribution is 9.10. The van der Waals surface area contributed by atoms with E-state index in [1.165, 1.54) is 19.4 Å². The van der Waals surface area contributed by atoms with Crippen LogP contribution in [0, 0.1) is 5.82 Å². The Bertz CT molecular complexity index is 706. The third-order valence-electron chi connectivity index (χ3n) is 2.64. The molecule has 0 saturated carbocycles. The minimum absolute atomic E-state index is 0.0302. The molecule has 0 bridgehead atoms. The van der Waals surface area contributed by atoms with Crippen molar-refractivity contribution < 1.29 is 18.7 Å². The number of halogens is 2. The summed E-state index contributed by atoms with van der Waals surface area (Å²) in [7, 11) is 1.20. The zero-order valence-electron chi connectivity index (χ0n) is 10.9. The Morgan fingerprint density at radius 3 is 2.71 bits per heavy atom. The number of esters is 1. The lowest BCUT2D eigenvalue weighted by Crippen LogP contribution is -2.16. The molecule has 0 atom stereocenters. The second kappa shape index (κ2) is 6.45. The Labute approximate surface area is 128 Å². The van der Waals surface area contributed by atoms with Crippen LogP contribution in [-0.4, -0.2) is 24.0 Å². The molecule has 1 aromatic carbocycles. The highest BCUT2D eigenvalue weighted by Crippen LogP contribution is 2.21. The number of rotatable bonds is 3. The van der Waals surface area contributed by atoms with Crippen molar-refractivity contribution >= 4 is 33.5 Å². The molecule has 21 heavy (non-hydrogen) atoms. The molecule has 0 fully saturated rings. The number of benzene rings is 1. The highest BCUT2D eigenvalue weighted by atomic mass is 79.9. The number of nitrogens with zero attached hydrogens (tertiary/aromatic N) is 1. The fraction of sp³-hybridized carbons (Fsp3) is 0.0714. The molecule has 0 spiro atoms. The maximum atomic E-state index is 13.3. The van der Waals surface area contributed by atoms with Gasteiger partial charge in [0.05, 0.1) is 23.9 Å². The average Bonchev–Trinajstić information content (AvgIpc) is 2.47. The van der Waals surface area contributed by atoms with Crippen LogP contribution in [0.15, 0.2) is 41.1 Å². The standard InChI is InChI=1S/C14H10BrFN2O3/c1-21-14(20)9-5-4-8(16)7-11(9)18-13(19)10-3-2-6-17-12(10)15/h2-7H,1H3,(H,18,19). The van der Waals surface area contributed by atoms with Gasteiger partial charge in [-0.15, -0.1) is 0 Å². The summed E-state index contributed by atoms with van der Waals surface area (Å²) in [5, 5.41) is 2.47. The van der Waals surface area contributed by atoms with E-state index in [4.69, 9.17) is 0 Å². The molecule has 0 radical (unpaired) electrons. The first-order chi connectivity index (χ1) is 10.0. The van der Waals surface area contributed by atoms with Gasteiger partial charge in [-0.1, -0.05) is 0 Å². The van der Waals surface area contributed by atoms with Crippen LogP contribution in [0.5, 0.6) is 0 Å². The van der Waals surface area contributed by atoms with Crippen molar-refractivity contribution in [1.82, 2.24) is 4.98 Å². The molecule has 108 valence electrons. The smallest absolute Gasteiger partial charge is 0.339 e. The number of hydrogen-bond donors (Lipinski definition) is 1. The van der Waals surface area contributed by atoms with E-state index in [-0.39, 0.29) is 16.8 Å². The topological polar surface area (TPSA) is 68.3 Å². The Morgan fingerprint density at radius 1 is 1.29 bits per heavy atom. The first-order valence-electron chi connectivity index (χ1n) is 5.82. The minimum Gasteiger partial charge on any atom is -0.465 e. The summed E-state index contributed by atoms with van der Waals surface area (Å²) in [5.41, 5.74) is 0.354. The SMILES string of the molecule is COC(=O)c1ccc(F)cc1NC(=O)c1cccnc1Br. The van der Waals surface area contributed by atoms with E-state index in [0.29, 0.717) is 4.60 Å². The van der Waals surface area contributed by atoms with Crippen LogP contribution >= 0.6 is 15.9 Å². The van der Waals surface area contributed by atoms with E-state index in [1.54, 1.807) is 12.1 Å². The summed E-state index contributed by atoms with van der Waals surface area (Å²) in [4.78, 5) is 27.7. The number of ether oxygens (including phenoxy) is 1. The van der Waals surface area contributed by atoms with Gasteiger partial charge in [0.25, 0.3) is 5.91 Å². The summed E-state index contributed by atoms with van der Waals surface area (Å²) >= 11 is 3.15. The minimum atomic E-state index is -0.671. The fourth-order valence-corrected chi connectivity index (χ4v) is 2.08. The maximum Gasteiger partial charge on any atom is 0.339 e. The Kier molecular flexibility index (Phi) is 4.64. The number of carbonyl (C=O) groups is 2. The maximum absolute atomic E-state index is 13.3. The second-order valence-electron chi connectivity index (χ2n) is 3.98. The van der Waals surface area contributed by atoms with E-state index < -0.39 is 17.7 Å². The lowest BCUT2D eigenvalue weighted by Gasteiger charge is -2.10. The fourth-order valence-electron chi connectivity index (χ4n) is 1.65. The van der Waals surface area contributed by atoms with Crippen molar-refractivity contribution in [3.05, 3.63) is 58.1 Å². The predicted octanol–water partition coefficient (Wildman–Crippen LogP) is 3.02. The van der Waals surface area contributed by atoms with Crippen LogP contribution in [-0.2, 0) is 4.74 Å². The van der Waals surface area contributed by atoms with Crippen LogP contribution in [0.25, 0.3) is 0 Å². The van der Waals surface area contributed by atoms with Crippen LogP contribution in [0.4, 0.5) is 10.1 Å². The van der Waals surface area contributed by atoms with Gasteiger partial charge in [-0.25, -0.2) is 14.2 Å². The molecule has 2 aromatic rings. The monoisotopic (exact) mass is 352 g/mol. The number of nitrogens with one attached hydrogen (secondary N) is 1. The molecule has 2 rings (SSSR count). The summed E-state index contributed by atoms with van der Waals surface area (Å²) in [6.07, 6.45) is 1.52. The van der Waals surface area contributed by atoms with Gasteiger partial charge in [-0.3, -0.25) is 4.79 Å². The lowest BCUT2D eigenvalue weighted by atomic mass is 10.1. The number of anilines is 1. The molecule has 7 heteroatoms. The number of amides is 1. The molecule has 0 unspecified atom stereocenters. The first kappa shape index (κ1) is 15.1. The average molecular weight is 353 g/mol. The van der Waals surface area contributed by atoms with Gasteiger partial charge < -0.3 is 10.1 Å². The number of hydrogen-bond acceptors (Lipinski definition) is 4. The molecule has 0 saturated heterocycles. The zero-order chi connectivity index (χ0) is 15.4. The second-order valence-corrected chi connectivity index (χ2v) is 4.73. The van der Waals surface area contributed by atoms with E-state index in [2.05, 4.69) is 31.0 Å². The predicted molar refractivity (Wildman–Crippen MR) is 77.6 cm³/mol. The largest absolute Gasteiger partial charge is 0.465 e. The van der Waals surface area contributed by atoms with E-state index in [1.807, 2.05) is 0 Å². The Morgan fingerprint density at radius 2 is 2.05 bits per heavy atom. The summed E-state index contributed by atoms with van der Waals surface area (Å²) < 4.78 is 18.3. The van der Waals surface area contributed by atoms with E-state index in [9.17, 15) is 14.0 Å². The highest BCUT2D eigenvalue weighted by Gasteiger charge is 2.17. The molecule has 1 amide bonds. The summed E-state index contributed by atoms with van der Waals surface area (Å²) in [5.74, 6) is -1.77. The Hall–Kier alpha value is -2.28. The van der Waals surface area contributed by atoms with Crippen LogP contribution < -0.4 is 5.32 Å². The van der Waals surface area contributed by atoms with Gasteiger partial charge in [0, 0.05) is 6.20 Å². The van der Waals surface area contributed by atoms with Crippen LogP contribution in [0.1, 0.15) is 20.7 Å². The van der Waals surface area contributed by atoms with Crippen molar-refractivity contribution in [3.63, 3.8) is 0 Å². The van der Waals surface area contributed by atoms with E-state index >= 15 is 0 Å². The van der Waals surface area contributed by atoms with Gasteiger partial charge in [-0.05, 0) is 46.3 Å². The van der Waals surface area contributed by atoms with Crippen molar-refractivity contribution in [1.29, 1.82) is 0 Å². The van der Waals surface area contributed by atoms with Gasteiger partial charge >= 0.3 is 5.97 Å². The van der Waals surface area contributed by atoms with Crippen molar-refractivity contribution in [2.75, 3.05) is 12.4 Å². The zero-order valence-corrected chi connectivity index (χ0v) is 12.5. The van der Waals surface area contributed by atoms with Gasteiger partial charge in [0.15, 0.2) is 0 Å². The van der Waals surface area contributed by atoms with Crippen LogP contribution in [0.3, 0.4) is 0 Å². The number of aromatic nitrogens is 1. The normalized spacial score (nSPS) is 10.0. The van der Waals surface area contributed by atoms with Crippen molar-refractivity contribution in [3.8, 4) is 0 Å².